The first kappa shape index (κ1) is 24.1. The first-order valence-corrected chi connectivity index (χ1v) is 14.0. The lowest BCUT2D eigenvalue weighted by Crippen LogP contribution is -2.22. The molecule has 0 aliphatic carbocycles. The molecule has 0 N–H and O–H groups in total. The lowest BCUT2D eigenvalue weighted by molar-refractivity contribution is 1.03. The molecule has 0 saturated heterocycles. The molecule has 2 aliphatic heterocycles. The van der Waals surface area contributed by atoms with Crippen LogP contribution < -0.4 is 4.90 Å². The van der Waals surface area contributed by atoms with Crippen LogP contribution in [0.1, 0.15) is 5.56 Å². The van der Waals surface area contributed by atoms with Crippen molar-refractivity contribution in [2.24, 2.45) is 0 Å². The smallest absolute Gasteiger partial charge is 0.141 e. The lowest BCUT2D eigenvalue weighted by Gasteiger charge is -2.30. The minimum absolute atomic E-state index is 0.860. The molecule has 4 aromatic heterocycles. The fourth-order valence-corrected chi connectivity index (χ4v) is 5.82. The fourth-order valence-electron chi connectivity index (χ4n) is 5.82. The second kappa shape index (κ2) is 10.1. The summed E-state index contributed by atoms with van der Waals surface area (Å²) < 4.78 is 0. The summed E-state index contributed by atoms with van der Waals surface area (Å²) in [5, 5.41) is 2.39. The monoisotopic (exact) mass is 539 g/mol. The summed E-state index contributed by atoms with van der Waals surface area (Å²) in [6.07, 6.45) is 18.8. The number of aromatic nitrogens is 4. The Hall–Kier alpha value is -5.68. The predicted octanol–water partition coefficient (Wildman–Crippen LogP) is 8.42. The maximum absolute atomic E-state index is 5.33. The van der Waals surface area contributed by atoms with E-state index in [4.69, 9.17) is 9.97 Å². The molecule has 0 bridgehead atoms. The average molecular weight is 540 g/mol. The molecule has 6 aromatic rings. The second-order valence-corrected chi connectivity index (χ2v) is 10.4. The van der Waals surface area contributed by atoms with Crippen LogP contribution in [0, 0.1) is 0 Å². The van der Waals surface area contributed by atoms with Crippen LogP contribution in [0.15, 0.2) is 146 Å². The lowest BCUT2D eigenvalue weighted by atomic mass is 9.94. The summed E-state index contributed by atoms with van der Waals surface area (Å²) in [5.41, 5.74) is 10.3. The van der Waals surface area contributed by atoms with Crippen LogP contribution in [0.25, 0.3) is 55.7 Å². The van der Waals surface area contributed by atoms with E-state index >= 15 is 0 Å². The van der Waals surface area contributed by atoms with Crippen molar-refractivity contribution in [2.45, 2.75) is 6.42 Å². The first-order chi connectivity index (χ1) is 20.8. The van der Waals surface area contributed by atoms with Crippen LogP contribution in [0.5, 0.6) is 0 Å². The summed E-state index contributed by atoms with van der Waals surface area (Å²) in [6.45, 7) is 0. The zero-order chi connectivity index (χ0) is 27.9. The minimum Gasteiger partial charge on any atom is -0.302 e. The fraction of sp³-hybridized carbons (Fsp3) is 0.0270. The minimum atomic E-state index is 0.860. The van der Waals surface area contributed by atoms with Gasteiger partial charge in [-0.2, -0.15) is 0 Å². The van der Waals surface area contributed by atoms with Gasteiger partial charge in [-0.1, -0.05) is 54.6 Å². The molecule has 0 saturated carbocycles. The largest absolute Gasteiger partial charge is 0.302 e. The van der Waals surface area contributed by atoms with Crippen LogP contribution in [0.3, 0.4) is 0 Å². The third-order valence-electron chi connectivity index (χ3n) is 7.84. The van der Waals surface area contributed by atoms with Crippen LogP contribution in [-0.2, 0) is 6.42 Å². The molecular formula is C37H25N5. The van der Waals surface area contributed by atoms with E-state index < -0.39 is 0 Å². The Morgan fingerprint density at radius 1 is 0.595 bits per heavy atom. The second-order valence-electron chi connectivity index (χ2n) is 10.4. The van der Waals surface area contributed by atoms with Crippen molar-refractivity contribution in [1.29, 1.82) is 0 Å². The van der Waals surface area contributed by atoms with Crippen molar-refractivity contribution < 1.29 is 0 Å². The molecule has 5 nitrogen and oxygen atoms in total. The number of rotatable bonds is 4. The Morgan fingerprint density at radius 2 is 1.31 bits per heavy atom. The van der Waals surface area contributed by atoms with Gasteiger partial charge in [0.25, 0.3) is 0 Å². The van der Waals surface area contributed by atoms with Gasteiger partial charge >= 0.3 is 0 Å². The Labute approximate surface area is 243 Å². The number of hydrogen-bond acceptors (Lipinski definition) is 5. The topological polar surface area (TPSA) is 54.8 Å². The summed E-state index contributed by atoms with van der Waals surface area (Å²) >= 11 is 0. The summed E-state index contributed by atoms with van der Waals surface area (Å²) in [5.74, 6) is 0.994. The molecule has 6 heterocycles. The molecule has 2 aromatic carbocycles. The van der Waals surface area contributed by atoms with Gasteiger partial charge in [0, 0.05) is 64.3 Å². The summed E-state index contributed by atoms with van der Waals surface area (Å²) in [6, 6.07) is 29.5. The molecule has 198 valence electrons. The van der Waals surface area contributed by atoms with Crippen molar-refractivity contribution in [1.82, 2.24) is 19.9 Å². The third kappa shape index (κ3) is 4.19. The zero-order valence-corrected chi connectivity index (χ0v) is 22.7. The highest BCUT2D eigenvalue weighted by molar-refractivity contribution is 6.00. The van der Waals surface area contributed by atoms with Crippen molar-refractivity contribution in [3.63, 3.8) is 0 Å². The number of hydrogen-bond donors (Lipinski definition) is 0. The van der Waals surface area contributed by atoms with E-state index in [2.05, 4.69) is 106 Å². The molecule has 0 spiro atoms. The number of pyridine rings is 4. The van der Waals surface area contributed by atoms with Crippen molar-refractivity contribution in [2.75, 3.05) is 4.90 Å². The third-order valence-corrected chi connectivity index (χ3v) is 7.84. The van der Waals surface area contributed by atoms with Crippen molar-refractivity contribution in [3.05, 3.63) is 151 Å². The van der Waals surface area contributed by atoms with Gasteiger partial charge in [0.2, 0.25) is 0 Å². The molecular weight excluding hydrogens is 514 g/mol. The van der Waals surface area contributed by atoms with Crippen LogP contribution in [-0.4, -0.2) is 19.9 Å². The van der Waals surface area contributed by atoms with Gasteiger partial charge in [-0.15, -0.1) is 0 Å². The molecule has 42 heavy (non-hydrogen) atoms. The molecule has 0 atom stereocenters. The van der Waals surface area contributed by atoms with Crippen LogP contribution >= 0.6 is 0 Å². The van der Waals surface area contributed by atoms with Crippen LogP contribution in [0.2, 0.25) is 0 Å². The van der Waals surface area contributed by atoms with Crippen molar-refractivity contribution >= 4 is 16.6 Å². The Morgan fingerprint density at radius 3 is 2.05 bits per heavy atom. The van der Waals surface area contributed by atoms with E-state index in [9.17, 15) is 0 Å². The van der Waals surface area contributed by atoms with Crippen LogP contribution in [0.4, 0.5) is 5.82 Å². The van der Waals surface area contributed by atoms with Gasteiger partial charge < -0.3 is 4.90 Å². The zero-order valence-electron chi connectivity index (χ0n) is 22.7. The Kier molecular flexibility index (Phi) is 5.78. The standard InChI is InChI=1S/C37H25N5/c1-2-14-32-31(13-1)33-16-15-30-12-3-4-19-42(30)37(33)41-36(32)26-9-5-8-25(20-26)29-21-34(27-10-6-17-38-23-27)40-35(22-29)28-11-7-18-39-24-28/h1-15,17-24H,16H2. The van der Waals surface area contributed by atoms with E-state index in [0.717, 1.165) is 68.2 Å². The maximum atomic E-state index is 5.33. The first-order valence-electron chi connectivity index (χ1n) is 14.0. The average Bonchev–Trinajstić information content (AvgIpc) is 3.08. The highest BCUT2D eigenvalue weighted by atomic mass is 15.2. The number of nitrogens with zero attached hydrogens (tertiary/aromatic N) is 5. The number of benzene rings is 2. The SMILES string of the molecule is C1=CC2=CCc3c(nc(-c4cccc(-c5cc(-c6cccnc6)nc(-c6cccnc6)c5)c4)c4ccccc34)N2C=C1. The summed E-state index contributed by atoms with van der Waals surface area (Å²) in [4.78, 5) is 21.2. The Bertz CT molecular complexity index is 2000. The van der Waals surface area contributed by atoms with Gasteiger partial charge in [0.05, 0.1) is 17.1 Å². The van der Waals surface area contributed by atoms with Gasteiger partial charge in [-0.05, 0) is 77.6 Å². The number of fused-ring (bicyclic) bond motifs is 5. The molecule has 2 aliphatic rings. The molecule has 5 heteroatoms. The normalized spacial score (nSPS) is 13.5. The number of anilines is 1. The van der Waals surface area contributed by atoms with Gasteiger partial charge in [0.1, 0.15) is 5.82 Å². The maximum Gasteiger partial charge on any atom is 0.141 e. The van der Waals surface area contributed by atoms with E-state index in [1.165, 1.54) is 10.9 Å². The highest BCUT2D eigenvalue weighted by Crippen LogP contribution is 2.40. The van der Waals surface area contributed by atoms with Gasteiger partial charge in [-0.3, -0.25) is 9.97 Å². The molecule has 0 amide bonds. The summed E-state index contributed by atoms with van der Waals surface area (Å²) in [7, 11) is 0. The predicted molar refractivity (Wildman–Crippen MR) is 169 cm³/mol. The molecule has 0 fully saturated rings. The molecule has 0 unspecified atom stereocenters. The van der Waals surface area contributed by atoms with E-state index in [-0.39, 0.29) is 0 Å². The van der Waals surface area contributed by atoms with Gasteiger partial charge in [-0.25, -0.2) is 9.97 Å². The highest BCUT2D eigenvalue weighted by Gasteiger charge is 2.24. The van der Waals surface area contributed by atoms with E-state index in [1.54, 1.807) is 12.4 Å². The number of allylic oxidation sites excluding steroid dienone is 4. The quantitative estimate of drug-likeness (QED) is 0.225. The molecule has 0 radical (unpaired) electrons. The van der Waals surface area contributed by atoms with E-state index in [1.807, 2.05) is 36.7 Å². The Balaban J connectivity index is 1.30. The van der Waals surface area contributed by atoms with Gasteiger partial charge in [0.15, 0.2) is 0 Å². The molecule has 8 rings (SSSR count). The van der Waals surface area contributed by atoms with E-state index in [0.29, 0.717) is 0 Å². The van der Waals surface area contributed by atoms with Crippen molar-refractivity contribution in [3.8, 4) is 44.9 Å².